The number of nitriles is 1. The van der Waals surface area contributed by atoms with Gasteiger partial charge in [0.15, 0.2) is 6.29 Å². The highest BCUT2D eigenvalue weighted by Crippen LogP contribution is 2.25. The predicted octanol–water partition coefficient (Wildman–Crippen LogP) is 3.22. The lowest BCUT2D eigenvalue weighted by Crippen LogP contribution is -2.00. The standard InChI is InChI=1S/C17H11N3O/c18-10-13-5-4-8-16(9-13)20-17(15(12-21)11-19-20)14-6-2-1-3-7-14/h1-9,11-12H. The van der Waals surface area contributed by atoms with E-state index in [2.05, 4.69) is 11.2 Å². The van der Waals surface area contributed by atoms with Crippen LogP contribution in [0.2, 0.25) is 0 Å². The van der Waals surface area contributed by atoms with Crippen molar-refractivity contribution in [1.29, 1.82) is 5.26 Å². The van der Waals surface area contributed by atoms with E-state index in [0.717, 1.165) is 23.2 Å². The summed E-state index contributed by atoms with van der Waals surface area (Å²) in [7, 11) is 0. The number of rotatable bonds is 3. The Morgan fingerprint density at radius 2 is 1.90 bits per heavy atom. The maximum atomic E-state index is 11.3. The molecule has 0 aliphatic heterocycles. The summed E-state index contributed by atoms with van der Waals surface area (Å²) < 4.78 is 1.68. The van der Waals surface area contributed by atoms with Gasteiger partial charge in [-0.3, -0.25) is 4.79 Å². The van der Waals surface area contributed by atoms with Crippen molar-refractivity contribution in [2.24, 2.45) is 0 Å². The van der Waals surface area contributed by atoms with Crippen molar-refractivity contribution >= 4 is 6.29 Å². The third-order valence-corrected chi connectivity index (χ3v) is 3.19. The fraction of sp³-hybridized carbons (Fsp3) is 0. The molecule has 0 radical (unpaired) electrons. The summed E-state index contributed by atoms with van der Waals surface area (Å²) in [5.41, 5.74) is 3.44. The zero-order valence-electron chi connectivity index (χ0n) is 11.1. The zero-order chi connectivity index (χ0) is 14.7. The van der Waals surface area contributed by atoms with Crippen molar-refractivity contribution in [3.05, 3.63) is 71.9 Å². The van der Waals surface area contributed by atoms with E-state index >= 15 is 0 Å². The minimum Gasteiger partial charge on any atom is -0.298 e. The second-order valence-electron chi connectivity index (χ2n) is 4.51. The molecule has 0 spiro atoms. The highest BCUT2D eigenvalue weighted by atomic mass is 16.1. The van der Waals surface area contributed by atoms with E-state index in [1.54, 1.807) is 22.9 Å². The van der Waals surface area contributed by atoms with Crippen molar-refractivity contribution in [3.8, 4) is 23.0 Å². The first-order valence-electron chi connectivity index (χ1n) is 6.42. The Kier molecular flexibility index (Phi) is 3.32. The molecule has 0 aliphatic rings. The van der Waals surface area contributed by atoms with Crippen LogP contribution in [-0.2, 0) is 0 Å². The number of hydrogen-bond acceptors (Lipinski definition) is 3. The van der Waals surface area contributed by atoms with Gasteiger partial charge in [-0.15, -0.1) is 0 Å². The quantitative estimate of drug-likeness (QED) is 0.688. The summed E-state index contributed by atoms with van der Waals surface area (Å²) in [5.74, 6) is 0. The molecule has 3 aromatic rings. The van der Waals surface area contributed by atoms with Crippen molar-refractivity contribution in [1.82, 2.24) is 9.78 Å². The van der Waals surface area contributed by atoms with Crippen LogP contribution in [0.25, 0.3) is 16.9 Å². The van der Waals surface area contributed by atoms with E-state index in [1.807, 2.05) is 36.4 Å². The van der Waals surface area contributed by atoms with Gasteiger partial charge in [0.25, 0.3) is 0 Å². The minimum absolute atomic E-state index is 0.517. The lowest BCUT2D eigenvalue weighted by Gasteiger charge is -2.08. The minimum atomic E-state index is 0.517. The van der Waals surface area contributed by atoms with Crippen LogP contribution in [0.15, 0.2) is 60.8 Å². The third kappa shape index (κ3) is 2.33. The molecule has 2 aromatic carbocycles. The monoisotopic (exact) mass is 273 g/mol. The van der Waals surface area contributed by atoms with Gasteiger partial charge < -0.3 is 0 Å². The van der Waals surface area contributed by atoms with Crippen molar-refractivity contribution in [3.63, 3.8) is 0 Å². The molecule has 0 saturated heterocycles. The van der Waals surface area contributed by atoms with Gasteiger partial charge in [0.2, 0.25) is 0 Å². The number of carbonyl (C=O) groups excluding carboxylic acids is 1. The van der Waals surface area contributed by atoms with Gasteiger partial charge in [0, 0.05) is 5.56 Å². The fourth-order valence-corrected chi connectivity index (χ4v) is 2.24. The summed E-state index contributed by atoms with van der Waals surface area (Å²) >= 11 is 0. The largest absolute Gasteiger partial charge is 0.298 e. The molecule has 0 saturated carbocycles. The zero-order valence-corrected chi connectivity index (χ0v) is 11.1. The van der Waals surface area contributed by atoms with Crippen LogP contribution in [0.1, 0.15) is 15.9 Å². The molecule has 4 heteroatoms. The van der Waals surface area contributed by atoms with Crippen LogP contribution in [0.5, 0.6) is 0 Å². The Morgan fingerprint density at radius 3 is 2.62 bits per heavy atom. The van der Waals surface area contributed by atoms with Crippen molar-refractivity contribution < 1.29 is 4.79 Å². The summed E-state index contributed by atoms with van der Waals surface area (Å²) in [5, 5.41) is 13.3. The Balaban J connectivity index is 2.23. The van der Waals surface area contributed by atoms with Crippen LogP contribution in [0.3, 0.4) is 0 Å². The Hall–Kier alpha value is -3.19. The highest BCUT2D eigenvalue weighted by molar-refractivity contribution is 5.86. The van der Waals surface area contributed by atoms with E-state index in [9.17, 15) is 4.79 Å². The first-order valence-corrected chi connectivity index (χ1v) is 6.42. The smallest absolute Gasteiger partial charge is 0.153 e. The number of nitrogens with zero attached hydrogens (tertiary/aromatic N) is 3. The molecule has 0 N–H and O–H groups in total. The number of carbonyl (C=O) groups is 1. The Bertz CT molecular complexity index is 829. The van der Waals surface area contributed by atoms with Crippen LogP contribution < -0.4 is 0 Å². The van der Waals surface area contributed by atoms with Crippen molar-refractivity contribution in [2.45, 2.75) is 0 Å². The van der Waals surface area contributed by atoms with Crippen LogP contribution in [0, 0.1) is 11.3 Å². The second kappa shape index (κ2) is 5.43. The molecule has 0 atom stereocenters. The SMILES string of the molecule is N#Cc1cccc(-n2ncc(C=O)c2-c2ccccc2)c1. The van der Waals surface area contributed by atoms with Gasteiger partial charge in [0.1, 0.15) is 0 Å². The summed E-state index contributed by atoms with van der Waals surface area (Å²) in [6.07, 6.45) is 2.33. The molecular formula is C17H11N3O. The van der Waals surface area contributed by atoms with Gasteiger partial charge in [0.05, 0.1) is 34.8 Å². The molecule has 3 rings (SSSR count). The molecular weight excluding hydrogens is 262 g/mol. The highest BCUT2D eigenvalue weighted by Gasteiger charge is 2.13. The summed E-state index contributed by atoms with van der Waals surface area (Å²) in [4.78, 5) is 11.3. The van der Waals surface area contributed by atoms with Gasteiger partial charge >= 0.3 is 0 Å². The van der Waals surface area contributed by atoms with Gasteiger partial charge in [-0.2, -0.15) is 10.4 Å². The van der Waals surface area contributed by atoms with Gasteiger partial charge in [-0.05, 0) is 18.2 Å². The lowest BCUT2D eigenvalue weighted by molar-refractivity contribution is 0.112. The first-order chi connectivity index (χ1) is 10.3. The topological polar surface area (TPSA) is 58.7 Å². The number of aldehydes is 1. The molecule has 0 bridgehead atoms. The average Bonchev–Trinajstić information content (AvgIpc) is 2.99. The van der Waals surface area contributed by atoms with E-state index in [1.165, 1.54) is 6.20 Å². The normalized spacial score (nSPS) is 10.0. The molecule has 0 unspecified atom stereocenters. The molecule has 100 valence electrons. The summed E-state index contributed by atoms with van der Waals surface area (Å²) in [6.45, 7) is 0. The number of hydrogen-bond donors (Lipinski definition) is 0. The molecule has 4 nitrogen and oxygen atoms in total. The Labute approximate surface area is 121 Å². The Morgan fingerprint density at radius 1 is 1.10 bits per heavy atom. The maximum Gasteiger partial charge on any atom is 0.153 e. The van der Waals surface area contributed by atoms with Crippen LogP contribution >= 0.6 is 0 Å². The molecule has 0 fully saturated rings. The number of benzene rings is 2. The lowest BCUT2D eigenvalue weighted by atomic mass is 10.1. The van der Waals surface area contributed by atoms with E-state index in [-0.39, 0.29) is 0 Å². The van der Waals surface area contributed by atoms with E-state index in [0.29, 0.717) is 11.1 Å². The fourth-order valence-electron chi connectivity index (χ4n) is 2.24. The molecule has 21 heavy (non-hydrogen) atoms. The van der Waals surface area contributed by atoms with E-state index in [4.69, 9.17) is 5.26 Å². The third-order valence-electron chi connectivity index (χ3n) is 3.19. The predicted molar refractivity (Wildman–Crippen MR) is 79.1 cm³/mol. The van der Waals surface area contributed by atoms with Crippen LogP contribution in [-0.4, -0.2) is 16.1 Å². The van der Waals surface area contributed by atoms with E-state index < -0.39 is 0 Å². The van der Waals surface area contributed by atoms with Gasteiger partial charge in [-0.25, -0.2) is 4.68 Å². The molecule has 0 aliphatic carbocycles. The molecule has 1 heterocycles. The van der Waals surface area contributed by atoms with Gasteiger partial charge in [-0.1, -0.05) is 36.4 Å². The molecule has 1 aromatic heterocycles. The average molecular weight is 273 g/mol. The first kappa shape index (κ1) is 12.8. The van der Waals surface area contributed by atoms with Crippen LogP contribution in [0.4, 0.5) is 0 Å². The number of aromatic nitrogens is 2. The second-order valence-corrected chi connectivity index (χ2v) is 4.51. The van der Waals surface area contributed by atoms with Crippen molar-refractivity contribution in [2.75, 3.05) is 0 Å². The molecule has 0 amide bonds. The maximum absolute atomic E-state index is 11.3. The summed E-state index contributed by atoms with van der Waals surface area (Å²) in [6, 6.07) is 18.8.